The zero-order chi connectivity index (χ0) is 14.3. The lowest BCUT2D eigenvalue weighted by atomic mass is 9.97. The quantitative estimate of drug-likeness (QED) is 0.726. The standard InChI is InChI=1S/C15H30N4/c1-5-17-15(2,13-16)9-7-10-18(3)12-14-8-6-11-19(14)4/h14,17H,5-12H2,1-4H3. The summed E-state index contributed by atoms with van der Waals surface area (Å²) < 4.78 is 0. The van der Waals surface area contributed by atoms with Crippen molar-refractivity contribution in [2.75, 3.05) is 40.3 Å². The third kappa shape index (κ3) is 5.48. The Bertz CT molecular complexity index is 299. The maximum atomic E-state index is 9.21. The van der Waals surface area contributed by atoms with Gasteiger partial charge in [0.05, 0.1) is 6.07 Å². The average molecular weight is 266 g/mol. The second-order valence-electron chi connectivity index (χ2n) is 6.12. The van der Waals surface area contributed by atoms with Crippen molar-refractivity contribution in [1.82, 2.24) is 15.1 Å². The molecule has 1 aliphatic rings. The molecule has 4 nitrogen and oxygen atoms in total. The molecule has 0 aromatic carbocycles. The normalized spacial score (nSPS) is 23.5. The van der Waals surface area contributed by atoms with E-state index in [1.54, 1.807) is 0 Å². The van der Waals surface area contributed by atoms with Crippen LogP contribution in [0, 0.1) is 11.3 Å². The van der Waals surface area contributed by atoms with Crippen LogP contribution in [-0.4, -0.2) is 61.7 Å². The molecular weight excluding hydrogens is 236 g/mol. The van der Waals surface area contributed by atoms with E-state index in [2.05, 4.69) is 42.2 Å². The maximum Gasteiger partial charge on any atom is 0.103 e. The number of likely N-dealkylation sites (tertiary alicyclic amines) is 1. The number of hydrogen-bond acceptors (Lipinski definition) is 4. The number of hydrogen-bond donors (Lipinski definition) is 1. The van der Waals surface area contributed by atoms with Crippen LogP contribution in [0.4, 0.5) is 0 Å². The van der Waals surface area contributed by atoms with Gasteiger partial charge < -0.3 is 9.80 Å². The average Bonchev–Trinajstić information content (AvgIpc) is 2.75. The number of nitriles is 1. The summed E-state index contributed by atoms with van der Waals surface area (Å²) in [6, 6.07) is 3.12. The molecule has 1 fully saturated rings. The van der Waals surface area contributed by atoms with E-state index in [1.807, 2.05) is 6.92 Å². The van der Waals surface area contributed by atoms with Crippen molar-refractivity contribution in [3.05, 3.63) is 0 Å². The minimum absolute atomic E-state index is 0.361. The first kappa shape index (κ1) is 16.4. The Hall–Kier alpha value is -0.630. The van der Waals surface area contributed by atoms with Crippen LogP contribution in [0.2, 0.25) is 0 Å². The molecule has 2 atom stereocenters. The Morgan fingerprint density at radius 1 is 1.53 bits per heavy atom. The molecule has 0 radical (unpaired) electrons. The van der Waals surface area contributed by atoms with E-state index >= 15 is 0 Å². The topological polar surface area (TPSA) is 42.3 Å². The molecule has 1 heterocycles. The first-order valence-corrected chi connectivity index (χ1v) is 7.56. The molecule has 4 heteroatoms. The summed E-state index contributed by atoms with van der Waals surface area (Å²) in [4.78, 5) is 4.88. The van der Waals surface area contributed by atoms with Gasteiger partial charge in [0.1, 0.15) is 5.54 Å². The molecule has 0 amide bonds. The molecule has 1 rings (SSSR count). The van der Waals surface area contributed by atoms with Crippen molar-refractivity contribution >= 4 is 0 Å². The highest BCUT2D eigenvalue weighted by Crippen LogP contribution is 2.16. The van der Waals surface area contributed by atoms with E-state index in [0.717, 1.165) is 38.5 Å². The number of likely N-dealkylation sites (N-methyl/N-ethyl adjacent to an activating group) is 2. The van der Waals surface area contributed by atoms with E-state index in [9.17, 15) is 5.26 Å². The van der Waals surface area contributed by atoms with Gasteiger partial charge in [0.2, 0.25) is 0 Å². The van der Waals surface area contributed by atoms with Gasteiger partial charge in [0.25, 0.3) is 0 Å². The van der Waals surface area contributed by atoms with Gasteiger partial charge in [-0.25, -0.2) is 0 Å². The Kier molecular flexibility index (Phi) is 6.78. The zero-order valence-electron chi connectivity index (χ0n) is 13.1. The Morgan fingerprint density at radius 3 is 2.79 bits per heavy atom. The molecule has 1 saturated heterocycles. The number of rotatable bonds is 8. The third-order valence-corrected chi connectivity index (χ3v) is 4.22. The molecule has 0 bridgehead atoms. The van der Waals surface area contributed by atoms with E-state index < -0.39 is 0 Å². The van der Waals surface area contributed by atoms with Crippen molar-refractivity contribution in [3.63, 3.8) is 0 Å². The van der Waals surface area contributed by atoms with Crippen LogP contribution in [0.15, 0.2) is 0 Å². The summed E-state index contributed by atoms with van der Waals surface area (Å²) in [6.07, 6.45) is 4.66. The predicted molar refractivity (Wildman–Crippen MR) is 80.1 cm³/mol. The Labute approximate surface area is 118 Å². The van der Waals surface area contributed by atoms with Crippen LogP contribution < -0.4 is 5.32 Å². The Morgan fingerprint density at radius 2 is 2.26 bits per heavy atom. The summed E-state index contributed by atoms with van der Waals surface area (Å²) in [5.74, 6) is 0. The fourth-order valence-corrected chi connectivity index (χ4v) is 2.94. The summed E-state index contributed by atoms with van der Waals surface area (Å²) in [6.45, 7) is 8.38. The fraction of sp³-hybridized carbons (Fsp3) is 0.933. The van der Waals surface area contributed by atoms with Crippen molar-refractivity contribution in [1.29, 1.82) is 5.26 Å². The molecule has 110 valence electrons. The lowest BCUT2D eigenvalue weighted by Crippen LogP contribution is -2.42. The predicted octanol–water partition coefficient (Wildman–Crippen LogP) is 1.68. The van der Waals surface area contributed by atoms with Gasteiger partial charge in [-0.3, -0.25) is 5.32 Å². The van der Waals surface area contributed by atoms with Crippen LogP contribution in [0.25, 0.3) is 0 Å². The van der Waals surface area contributed by atoms with Crippen LogP contribution >= 0.6 is 0 Å². The van der Waals surface area contributed by atoms with Crippen LogP contribution in [0.3, 0.4) is 0 Å². The van der Waals surface area contributed by atoms with Gasteiger partial charge in [0.15, 0.2) is 0 Å². The molecule has 0 aromatic rings. The highest BCUT2D eigenvalue weighted by molar-refractivity contribution is 5.03. The van der Waals surface area contributed by atoms with E-state index in [4.69, 9.17) is 0 Å². The molecule has 2 unspecified atom stereocenters. The van der Waals surface area contributed by atoms with Crippen molar-refractivity contribution < 1.29 is 0 Å². The van der Waals surface area contributed by atoms with Gasteiger partial charge in [-0.15, -0.1) is 0 Å². The number of nitrogens with zero attached hydrogens (tertiary/aromatic N) is 3. The summed E-state index contributed by atoms with van der Waals surface area (Å²) >= 11 is 0. The van der Waals surface area contributed by atoms with Gasteiger partial charge in [0, 0.05) is 12.6 Å². The van der Waals surface area contributed by atoms with Crippen LogP contribution in [0.1, 0.15) is 39.5 Å². The highest BCUT2D eigenvalue weighted by Gasteiger charge is 2.24. The second kappa shape index (κ2) is 7.84. The molecule has 1 N–H and O–H groups in total. The molecule has 0 aliphatic carbocycles. The minimum atomic E-state index is -0.361. The molecule has 0 aromatic heterocycles. The van der Waals surface area contributed by atoms with Crippen LogP contribution in [0.5, 0.6) is 0 Å². The largest absolute Gasteiger partial charge is 0.305 e. The van der Waals surface area contributed by atoms with Gasteiger partial charge >= 0.3 is 0 Å². The molecule has 0 spiro atoms. The highest BCUT2D eigenvalue weighted by atomic mass is 15.2. The monoisotopic (exact) mass is 266 g/mol. The smallest absolute Gasteiger partial charge is 0.103 e. The zero-order valence-corrected chi connectivity index (χ0v) is 13.1. The van der Waals surface area contributed by atoms with Crippen molar-refractivity contribution in [2.45, 2.75) is 51.1 Å². The van der Waals surface area contributed by atoms with Gasteiger partial charge in [-0.1, -0.05) is 6.92 Å². The molecule has 1 aliphatic heterocycles. The Balaban J connectivity index is 2.23. The summed E-state index contributed by atoms with van der Waals surface area (Å²) in [5.41, 5.74) is -0.361. The third-order valence-electron chi connectivity index (χ3n) is 4.22. The van der Waals surface area contributed by atoms with E-state index in [-0.39, 0.29) is 5.54 Å². The van der Waals surface area contributed by atoms with E-state index in [0.29, 0.717) is 0 Å². The first-order valence-electron chi connectivity index (χ1n) is 7.56. The van der Waals surface area contributed by atoms with Crippen LogP contribution in [-0.2, 0) is 0 Å². The fourth-order valence-electron chi connectivity index (χ4n) is 2.94. The SMILES string of the molecule is CCNC(C)(C#N)CCCN(C)CC1CCCN1C. The first-order chi connectivity index (χ1) is 9.00. The summed E-state index contributed by atoms with van der Waals surface area (Å²) in [7, 11) is 4.42. The summed E-state index contributed by atoms with van der Waals surface area (Å²) in [5, 5.41) is 12.5. The molecular formula is C15H30N4. The lowest BCUT2D eigenvalue weighted by Gasteiger charge is -2.27. The molecule has 19 heavy (non-hydrogen) atoms. The van der Waals surface area contributed by atoms with Gasteiger partial charge in [-0.05, 0) is 66.3 Å². The van der Waals surface area contributed by atoms with Crippen molar-refractivity contribution in [3.8, 4) is 6.07 Å². The van der Waals surface area contributed by atoms with Gasteiger partial charge in [-0.2, -0.15) is 5.26 Å². The number of nitrogens with one attached hydrogen (secondary N) is 1. The van der Waals surface area contributed by atoms with Crippen molar-refractivity contribution in [2.24, 2.45) is 0 Å². The maximum absolute atomic E-state index is 9.21. The second-order valence-corrected chi connectivity index (χ2v) is 6.12. The van der Waals surface area contributed by atoms with E-state index in [1.165, 1.54) is 19.4 Å². The molecule has 0 saturated carbocycles. The lowest BCUT2D eigenvalue weighted by molar-refractivity contribution is 0.214. The minimum Gasteiger partial charge on any atom is -0.305 e.